The largest absolute Gasteiger partial charge is 0.454 e. The van der Waals surface area contributed by atoms with Gasteiger partial charge in [0.15, 0.2) is 23.6 Å². The third-order valence-electron chi connectivity index (χ3n) is 4.41. The molecule has 164 valence electrons. The van der Waals surface area contributed by atoms with Crippen molar-refractivity contribution in [2.75, 3.05) is 24.6 Å². The first-order valence-electron chi connectivity index (χ1n) is 9.42. The highest BCUT2D eigenvalue weighted by molar-refractivity contribution is 8.00. The summed E-state index contributed by atoms with van der Waals surface area (Å²) in [6, 6.07) is 8.30. The van der Waals surface area contributed by atoms with Crippen molar-refractivity contribution < 1.29 is 18.6 Å². The van der Waals surface area contributed by atoms with E-state index in [1.807, 2.05) is 6.92 Å². The molecule has 0 radical (unpaired) electrons. The van der Waals surface area contributed by atoms with E-state index in [1.165, 1.54) is 34.2 Å². The zero-order chi connectivity index (χ0) is 22.5. The van der Waals surface area contributed by atoms with Crippen LogP contribution in [-0.2, 0) is 0 Å². The maximum Gasteiger partial charge on any atom is 0.186 e. The van der Waals surface area contributed by atoms with Gasteiger partial charge in [0.2, 0.25) is 0 Å². The molecule has 0 fully saturated rings. The summed E-state index contributed by atoms with van der Waals surface area (Å²) in [5.41, 5.74) is 1.78. The second kappa shape index (κ2) is 9.80. The Hall–Kier alpha value is -3.11. The Balaban J connectivity index is 2.12. The van der Waals surface area contributed by atoms with Gasteiger partial charge < -0.3 is 19.5 Å². The van der Waals surface area contributed by atoms with Crippen molar-refractivity contribution in [2.45, 2.75) is 13.2 Å². The molecule has 31 heavy (non-hydrogen) atoms. The second-order valence-corrected chi connectivity index (χ2v) is 7.68. The van der Waals surface area contributed by atoms with Crippen LogP contribution in [0, 0.1) is 17.0 Å². The number of anilines is 1. The fraction of sp³-hybridized carbons (Fsp3) is 0.238. The fourth-order valence-corrected chi connectivity index (χ4v) is 3.36. The predicted octanol–water partition coefficient (Wildman–Crippen LogP) is 4.34. The molecule has 3 rings (SSSR count). The highest BCUT2D eigenvalue weighted by Crippen LogP contribution is 2.37. The first-order valence-corrected chi connectivity index (χ1v) is 10.4. The van der Waals surface area contributed by atoms with Crippen molar-refractivity contribution in [3.63, 3.8) is 0 Å². The van der Waals surface area contributed by atoms with Crippen LogP contribution in [0.1, 0.15) is 12.5 Å². The maximum atomic E-state index is 14.2. The molecular formula is C21H23F2N5O2S. The van der Waals surface area contributed by atoms with Crippen LogP contribution >= 0.6 is 11.9 Å². The van der Waals surface area contributed by atoms with Crippen LogP contribution in [-0.4, -0.2) is 53.2 Å². The highest BCUT2D eigenvalue weighted by Gasteiger charge is 2.30. The number of nitrogens with one attached hydrogen (secondary N) is 2. The standard InChI is InChI=1S/C21H23F2N5O2S/c1-4-31-26-14-6-8-18(30-19-7-5-13(22)9-16(19)23)15(10-14)17-11-27(3)21(29)20(24)28(17)12-25-2/h5-12,21,24,26,29H,4H2,1-3H3/b24-20?,25-12-. The van der Waals surface area contributed by atoms with Gasteiger partial charge in [-0.3, -0.25) is 15.3 Å². The van der Waals surface area contributed by atoms with Gasteiger partial charge in [0, 0.05) is 43.4 Å². The van der Waals surface area contributed by atoms with Gasteiger partial charge in [-0.15, -0.1) is 0 Å². The summed E-state index contributed by atoms with van der Waals surface area (Å²) in [6.07, 6.45) is 1.90. The Morgan fingerprint density at radius 2 is 2.00 bits per heavy atom. The third kappa shape index (κ3) is 4.97. The van der Waals surface area contributed by atoms with Crippen LogP contribution in [0.2, 0.25) is 0 Å². The van der Waals surface area contributed by atoms with Gasteiger partial charge in [0.1, 0.15) is 11.6 Å². The van der Waals surface area contributed by atoms with Crippen molar-refractivity contribution in [1.29, 1.82) is 5.41 Å². The van der Waals surface area contributed by atoms with Crippen molar-refractivity contribution in [2.24, 2.45) is 4.99 Å². The fourth-order valence-electron chi connectivity index (χ4n) is 2.93. The van der Waals surface area contributed by atoms with Crippen molar-refractivity contribution >= 4 is 35.5 Å². The lowest BCUT2D eigenvalue weighted by Crippen LogP contribution is -2.48. The number of aliphatic hydroxyl groups is 1. The summed E-state index contributed by atoms with van der Waals surface area (Å²) in [6.45, 7) is 2.01. The quantitative estimate of drug-likeness (QED) is 0.333. The van der Waals surface area contributed by atoms with Crippen LogP contribution in [0.5, 0.6) is 11.5 Å². The first-order chi connectivity index (χ1) is 14.8. The number of halogens is 2. The van der Waals surface area contributed by atoms with E-state index in [0.717, 1.165) is 23.6 Å². The van der Waals surface area contributed by atoms with Crippen molar-refractivity contribution in [1.82, 2.24) is 9.80 Å². The van der Waals surface area contributed by atoms with E-state index in [-0.39, 0.29) is 17.3 Å². The van der Waals surface area contributed by atoms with Crippen LogP contribution in [0.25, 0.3) is 5.70 Å². The number of hydrogen-bond donors (Lipinski definition) is 3. The number of amidine groups is 1. The number of hydrogen-bond acceptors (Lipinski definition) is 7. The molecule has 2 aromatic carbocycles. The molecule has 0 aromatic heterocycles. The van der Waals surface area contributed by atoms with Crippen LogP contribution < -0.4 is 9.46 Å². The smallest absolute Gasteiger partial charge is 0.186 e. The predicted molar refractivity (Wildman–Crippen MR) is 120 cm³/mol. The zero-order valence-corrected chi connectivity index (χ0v) is 18.1. The number of aliphatic hydroxyl groups excluding tert-OH is 1. The topological polar surface area (TPSA) is 84.2 Å². The van der Waals surface area contributed by atoms with E-state index in [4.69, 9.17) is 10.1 Å². The average molecular weight is 448 g/mol. The highest BCUT2D eigenvalue weighted by atomic mass is 32.2. The Bertz CT molecular complexity index is 1030. The molecule has 10 heteroatoms. The summed E-state index contributed by atoms with van der Waals surface area (Å²) in [7, 11) is 3.19. The molecule has 0 saturated carbocycles. The van der Waals surface area contributed by atoms with E-state index < -0.39 is 17.9 Å². The van der Waals surface area contributed by atoms with Gasteiger partial charge in [-0.2, -0.15) is 0 Å². The number of ether oxygens (including phenoxy) is 1. The molecule has 0 bridgehead atoms. The lowest BCUT2D eigenvalue weighted by Gasteiger charge is -2.36. The molecule has 1 aliphatic rings. The summed E-state index contributed by atoms with van der Waals surface area (Å²) >= 11 is 1.50. The van der Waals surface area contributed by atoms with E-state index in [9.17, 15) is 13.9 Å². The summed E-state index contributed by atoms with van der Waals surface area (Å²) < 4.78 is 36.5. The molecule has 0 aliphatic carbocycles. The van der Waals surface area contributed by atoms with Gasteiger partial charge in [0.05, 0.1) is 12.0 Å². The summed E-state index contributed by atoms with van der Waals surface area (Å²) in [5.74, 6) is -0.653. The number of likely N-dealkylation sites (N-methyl/N-ethyl adjacent to an activating group) is 1. The minimum Gasteiger partial charge on any atom is -0.454 e. The number of nitrogens with zero attached hydrogens (tertiary/aromatic N) is 3. The molecule has 0 amide bonds. The van der Waals surface area contributed by atoms with Gasteiger partial charge in [0.25, 0.3) is 0 Å². The molecule has 1 aliphatic heterocycles. The third-order valence-corrected chi connectivity index (χ3v) is 5.08. The minimum absolute atomic E-state index is 0.106. The van der Waals surface area contributed by atoms with E-state index >= 15 is 0 Å². The van der Waals surface area contributed by atoms with Crippen LogP contribution in [0.15, 0.2) is 47.6 Å². The molecule has 2 aromatic rings. The van der Waals surface area contributed by atoms with Crippen LogP contribution in [0.4, 0.5) is 14.5 Å². The van der Waals surface area contributed by atoms with Gasteiger partial charge in [-0.25, -0.2) is 8.78 Å². The van der Waals surface area contributed by atoms with Gasteiger partial charge in [-0.1, -0.05) is 18.9 Å². The maximum absolute atomic E-state index is 14.2. The zero-order valence-electron chi connectivity index (χ0n) is 17.3. The number of rotatable bonds is 7. The SMILES string of the molecule is CCSNc1ccc(Oc2ccc(F)cc2F)c(C2=CN(C)C(O)C(=N)N2/C=N\C)c1. The Labute approximate surface area is 183 Å². The Morgan fingerprint density at radius 3 is 2.68 bits per heavy atom. The summed E-state index contributed by atoms with van der Waals surface area (Å²) in [5, 5.41) is 18.6. The summed E-state index contributed by atoms with van der Waals surface area (Å²) in [4.78, 5) is 6.88. The van der Waals surface area contributed by atoms with E-state index in [1.54, 1.807) is 38.5 Å². The Kier molecular flexibility index (Phi) is 7.13. The van der Waals surface area contributed by atoms with Gasteiger partial charge in [-0.05, 0) is 30.3 Å². The van der Waals surface area contributed by atoms with Crippen molar-refractivity contribution in [3.05, 3.63) is 59.8 Å². The second-order valence-electron chi connectivity index (χ2n) is 6.61. The number of benzene rings is 2. The molecule has 1 heterocycles. The lowest BCUT2D eigenvalue weighted by molar-refractivity contribution is 0.105. The molecule has 1 unspecified atom stereocenters. The monoisotopic (exact) mass is 447 g/mol. The minimum atomic E-state index is -1.15. The molecule has 0 spiro atoms. The molecule has 3 N–H and O–H groups in total. The molecule has 0 saturated heterocycles. The lowest BCUT2D eigenvalue weighted by atomic mass is 10.1. The Morgan fingerprint density at radius 1 is 1.26 bits per heavy atom. The van der Waals surface area contributed by atoms with Crippen LogP contribution in [0.3, 0.4) is 0 Å². The van der Waals surface area contributed by atoms with E-state index in [0.29, 0.717) is 11.3 Å². The number of aliphatic imine (C=N–C) groups is 1. The van der Waals surface area contributed by atoms with E-state index in [2.05, 4.69) is 9.71 Å². The molecular weight excluding hydrogens is 424 g/mol. The average Bonchev–Trinajstić information content (AvgIpc) is 2.75. The van der Waals surface area contributed by atoms with Crippen molar-refractivity contribution in [3.8, 4) is 11.5 Å². The normalized spacial score (nSPS) is 16.6. The first kappa shape index (κ1) is 22.6. The molecule has 7 nitrogen and oxygen atoms in total. The molecule has 1 atom stereocenters. The van der Waals surface area contributed by atoms with Gasteiger partial charge >= 0.3 is 0 Å².